The maximum atomic E-state index is 11.3. The molecular formula is C9H14N6O3. The van der Waals surface area contributed by atoms with E-state index in [1.807, 2.05) is 0 Å². The van der Waals surface area contributed by atoms with Crippen molar-refractivity contribution in [3.63, 3.8) is 0 Å². The lowest BCUT2D eigenvalue weighted by Crippen LogP contribution is -2.36. The third-order valence-electron chi connectivity index (χ3n) is 2.31. The lowest BCUT2D eigenvalue weighted by Gasteiger charge is -2.20. The average Bonchev–Trinajstić information content (AvgIpc) is 2.34. The van der Waals surface area contributed by atoms with Crippen LogP contribution in [0.3, 0.4) is 0 Å². The van der Waals surface area contributed by atoms with Gasteiger partial charge < -0.3 is 16.0 Å². The fraction of sp³-hybridized carbons (Fsp3) is 0.444. The van der Waals surface area contributed by atoms with Gasteiger partial charge in [-0.1, -0.05) is 0 Å². The Balaban J connectivity index is 3.17. The molecule has 0 aliphatic carbocycles. The van der Waals surface area contributed by atoms with Crippen molar-refractivity contribution in [3.05, 3.63) is 16.4 Å². The van der Waals surface area contributed by atoms with Crippen LogP contribution < -0.4 is 16.0 Å². The summed E-state index contributed by atoms with van der Waals surface area (Å²) in [5, 5.41) is 13.4. The minimum absolute atomic E-state index is 0.0374. The molecule has 0 saturated heterocycles. The Morgan fingerprint density at radius 3 is 2.78 bits per heavy atom. The Labute approximate surface area is 103 Å². The number of nitrogens with one attached hydrogen (secondary N) is 1. The predicted octanol–water partition coefficient (Wildman–Crippen LogP) is -0.461. The highest BCUT2D eigenvalue weighted by Crippen LogP contribution is 2.29. The maximum absolute atomic E-state index is 11.3. The second kappa shape index (κ2) is 5.75. The highest BCUT2D eigenvalue weighted by Gasteiger charge is 2.25. The molecule has 0 atom stereocenters. The zero-order valence-corrected chi connectivity index (χ0v) is 10.1. The lowest BCUT2D eigenvalue weighted by atomic mass is 10.3. The number of nitrogens with zero attached hydrogens (tertiary/aromatic N) is 4. The molecule has 1 heterocycles. The minimum Gasteiger partial charge on any atom is -0.378 e. The molecule has 98 valence electrons. The van der Waals surface area contributed by atoms with Gasteiger partial charge in [0.1, 0.15) is 6.33 Å². The number of nitro groups is 1. The van der Waals surface area contributed by atoms with Gasteiger partial charge in [-0.3, -0.25) is 14.9 Å². The quantitative estimate of drug-likeness (QED) is 0.537. The first-order valence-electron chi connectivity index (χ1n) is 5.21. The van der Waals surface area contributed by atoms with E-state index in [-0.39, 0.29) is 29.8 Å². The fourth-order valence-electron chi connectivity index (χ4n) is 1.38. The van der Waals surface area contributed by atoms with E-state index in [0.717, 1.165) is 6.33 Å². The predicted molar refractivity (Wildman–Crippen MR) is 65.1 cm³/mol. The molecule has 9 nitrogen and oxygen atoms in total. The van der Waals surface area contributed by atoms with Crippen LogP contribution in [0.5, 0.6) is 0 Å². The van der Waals surface area contributed by atoms with Crippen molar-refractivity contribution in [2.45, 2.75) is 6.92 Å². The molecule has 0 spiro atoms. The van der Waals surface area contributed by atoms with Crippen molar-refractivity contribution in [1.29, 1.82) is 0 Å². The Kier molecular flexibility index (Phi) is 4.35. The zero-order valence-electron chi connectivity index (χ0n) is 10.1. The molecular weight excluding hydrogens is 240 g/mol. The second-order valence-electron chi connectivity index (χ2n) is 3.38. The highest BCUT2D eigenvalue weighted by molar-refractivity contribution is 5.82. The number of likely N-dealkylation sites (N-methyl/N-ethyl adjacent to an activating group) is 2. The van der Waals surface area contributed by atoms with Gasteiger partial charge in [0, 0.05) is 13.6 Å². The molecule has 1 aromatic rings. The first-order valence-corrected chi connectivity index (χ1v) is 5.21. The monoisotopic (exact) mass is 254 g/mol. The maximum Gasteiger partial charge on any atom is 0.353 e. The Hall–Kier alpha value is -2.45. The van der Waals surface area contributed by atoms with Crippen LogP contribution in [-0.4, -0.2) is 40.9 Å². The van der Waals surface area contributed by atoms with Gasteiger partial charge in [0.05, 0.1) is 11.5 Å². The summed E-state index contributed by atoms with van der Waals surface area (Å²) >= 11 is 0. The van der Waals surface area contributed by atoms with E-state index in [1.54, 1.807) is 6.92 Å². The van der Waals surface area contributed by atoms with Gasteiger partial charge in [0.15, 0.2) is 0 Å². The summed E-state index contributed by atoms with van der Waals surface area (Å²) in [7, 11) is 1.49. The van der Waals surface area contributed by atoms with E-state index >= 15 is 0 Å². The number of hydrogen-bond acceptors (Lipinski definition) is 7. The van der Waals surface area contributed by atoms with E-state index in [0.29, 0.717) is 6.54 Å². The summed E-state index contributed by atoms with van der Waals surface area (Å²) in [4.78, 5) is 30.5. The molecule has 0 saturated carbocycles. The van der Waals surface area contributed by atoms with Gasteiger partial charge in [-0.2, -0.15) is 0 Å². The molecule has 1 aromatic heterocycles. The number of nitrogens with two attached hydrogens (primary N) is 1. The topological polar surface area (TPSA) is 127 Å². The number of nitrogen functional groups attached to an aromatic ring is 1. The summed E-state index contributed by atoms with van der Waals surface area (Å²) in [6.45, 7) is 2.10. The molecule has 0 bridgehead atoms. The number of amides is 1. The largest absolute Gasteiger partial charge is 0.378 e. The number of anilines is 2. The van der Waals surface area contributed by atoms with Crippen LogP contribution in [0, 0.1) is 10.1 Å². The summed E-state index contributed by atoms with van der Waals surface area (Å²) in [6.07, 6.45) is 1.13. The Bertz CT molecular complexity index is 464. The SMILES string of the molecule is CCN(CC(=O)NC)c1ncnc(N)c1[N+](=O)[O-]. The van der Waals surface area contributed by atoms with Crippen molar-refractivity contribution < 1.29 is 9.72 Å². The van der Waals surface area contributed by atoms with Crippen molar-refractivity contribution in [3.8, 4) is 0 Å². The highest BCUT2D eigenvalue weighted by atomic mass is 16.6. The standard InChI is InChI=1S/C9H14N6O3/c1-3-14(4-6(16)11-2)9-7(15(17)18)8(10)12-5-13-9/h5H,3-4H2,1-2H3,(H,11,16)(H2,10,12,13). The van der Waals surface area contributed by atoms with Crippen LogP contribution in [0.15, 0.2) is 6.33 Å². The Morgan fingerprint density at radius 1 is 1.61 bits per heavy atom. The molecule has 0 radical (unpaired) electrons. The normalized spacial score (nSPS) is 9.89. The van der Waals surface area contributed by atoms with Gasteiger partial charge in [-0.15, -0.1) is 0 Å². The molecule has 18 heavy (non-hydrogen) atoms. The molecule has 3 N–H and O–H groups in total. The van der Waals surface area contributed by atoms with Crippen molar-refractivity contribution in [1.82, 2.24) is 15.3 Å². The van der Waals surface area contributed by atoms with E-state index in [1.165, 1.54) is 11.9 Å². The number of rotatable bonds is 5. The van der Waals surface area contributed by atoms with Crippen LogP contribution in [0.1, 0.15) is 6.92 Å². The molecule has 9 heteroatoms. The average molecular weight is 254 g/mol. The number of carbonyl (C=O) groups excluding carboxylic acids is 1. The first-order chi connectivity index (χ1) is 8.51. The van der Waals surface area contributed by atoms with Crippen LogP contribution in [0.4, 0.5) is 17.3 Å². The van der Waals surface area contributed by atoms with Crippen molar-refractivity contribution in [2.75, 3.05) is 30.8 Å². The van der Waals surface area contributed by atoms with Gasteiger partial charge in [0.25, 0.3) is 0 Å². The lowest BCUT2D eigenvalue weighted by molar-refractivity contribution is -0.383. The van der Waals surface area contributed by atoms with E-state index < -0.39 is 4.92 Å². The van der Waals surface area contributed by atoms with Crippen LogP contribution in [0.2, 0.25) is 0 Å². The number of carbonyl (C=O) groups is 1. The van der Waals surface area contributed by atoms with Gasteiger partial charge in [-0.25, -0.2) is 9.97 Å². The van der Waals surface area contributed by atoms with Crippen molar-refractivity contribution >= 4 is 23.2 Å². The summed E-state index contributed by atoms with van der Waals surface area (Å²) in [6, 6.07) is 0. The van der Waals surface area contributed by atoms with Crippen molar-refractivity contribution in [2.24, 2.45) is 0 Å². The summed E-state index contributed by atoms with van der Waals surface area (Å²) in [5.74, 6) is -0.456. The van der Waals surface area contributed by atoms with E-state index in [4.69, 9.17) is 5.73 Å². The smallest absolute Gasteiger partial charge is 0.353 e. The minimum atomic E-state index is -0.656. The van der Waals surface area contributed by atoms with Gasteiger partial charge in [-0.05, 0) is 6.92 Å². The van der Waals surface area contributed by atoms with E-state index in [2.05, 4.69) is 15.3 Å². The van der Waals surface area contributed by atoms with Gasteiger partial charge in [0.2, 0.25) is 17.5 Å². The summed E-state index contributed by atoms with van der Waals surface area (Å²) < 4.78 is 0. The first kappa shape index (κ1) is 13.6. The third kappa shape index (κ3) is 2.81. The molecule has 0 aliphatic heterocycles. The molecule has 1 amide bonds. The fourth-order valence-corrected chi connectivity index (χ4v) is 1.38. The molecule has 0 unspecified atom stereocenters. The molecule has 1 rings (SSSR count). The number of hydrogen-bond donors (Lipinski definition) is 2. The molecule has 0 aliphatic rings. The molecule has 0 fully saturated rings. The van der Waals surface area contributed by atoms with Crippen LogP contribution >= 0.6 is 0 Å². The van der Waals surface area contributed by atoms with Crippen LogP contribution in [0.25, 0.3) is 0 Å². The zero-order chi connectivity index (χ0) is 13.7. The summed E-state index contributed by atoms with van der Waals surface area (Å²) in [5.41, 5.74) is 5.07. The van der Waals surface area contributed by atoms with E-state index in [9.17, 15) is 14.9 Å². The number of aromatic nitrogens is 2. The Morgan fingerprint density at radius 2 is 2.28 bits per heavy atom. The van der Waals surface area contributed by atoms with Gasteiger partial charge >= 0.3 is 5.69 Å². The molecule has 0 aromatic carbocycles. The third-order valence-corrected chi connectivity index (χ3v) is 2.31. The second-order valence-corrected chi connectivity index (χ2v) is 3.38. The van der Waals surface area contributed by atoms with Crippen LogP contribution in [-0.2, 0) is 4.79 Å².